The van der Waals surface area contributed by atoms with Gasteiger partial charge in [-0.1, -0.05) is 12.1 Å². The molecule has 1 atom stereocenters. The van der Waals surface area contributed by atoms with Crippen LogP contribution < -0.4 is 11.1 Å². The Hall–Kier alpha value is -1.17. The number of nitrogens with two attached hydrogens (primary N) is 1. The molecule has 2 aromatic heterocycles. The highest BCUT2D eigenvalue weighted by atomic mass is 32.1. The number of thiophene rings is 2. The van der Waals surface area contributed by atoms with E-state index in [2.05, 4.69) is 5.32 Å². The molecule has 0 saturated carbocycles. The summed E-state index contributed by atoms with van der Waals surface area (Å²) >= 11 is 3.12. The van der Waals surface area contributed by atoms with Gasteiger partial charge >= 0.3 is 0 Å². The van der Waals surface area contributed by atoms with Crippen molar-refractivity contribution in [2.24, 2.45) is 5.73 Å². The second kappa shape index (κ2) is 5.25. The summed E-state index contributed by atoms with van der Waals surface area (Å²) in [6.45, 7) is 0.551. The van der Waals surface area contributed by atoms with Crippen LogP contribution >= 0.6 is 22.7 Å². The molecule has 0 spiro atoms. The van der Waals surface area contributed by atoms with Gasteiger partial charge in [0.15, 0.2) is 0 Å². The van der Waals surface area contributed by atoms with Crippen molar-refractivity contribution < 1.29 is 4.79 Å². The average molecular weight is 252 g/mol. The fourth-order valence-electron chi connectivity index (χ4n) is 1.29. The van der Waals surface area contributed by atoms with Crippen molar-refractivity contribution in [1.82, 2.24) is 5.32 Å². The normalized spacial score (nSPS) is 12.3. The van der Waals surface area contributed by atoms with Crippen LogP contribution in [0.25, 0.3) is 0 Å². The molecule has 0 fully saturated rings. The minimum atomic E-state index is -0.556. The maximum absolute atomic E-state index is 11.7. The predicted molar refractivity (Wildman–Crippen MR) is 67.4 cm³/mol. The summed E-state index contributed by atoms with van der Waals surface area (Å²) in [6.07, 6.45) is 0. The smallest absolute Gasteiger partial charge is 0.242 e. The molecule has 0 aliphatic carbocycles. The van der Waals surface area contributed by atoms with Gasteiger partial charge in [0.1, 0.15) is 6.04 Å². The molecule has 16 heavy (non-hydrogen) atoms. The second-order valence-electron chi connectivity index (χ2n) is 3.29. The van der Waals surface area contributed by atoms with Crippen LogP contribution in [0, 0.1) is 0 Å². The summed E-state index contributed by atoms with van der Waals surface area (Å²) in [5.74, 6) is -0.129. The first-order valence-corrected chi connectivity index (χ1v) is 6.62. The van der Waals surface area contributed by atoms with Crippen LogP contribution in [0.1, 0.15) is 15.8 Å². The Bertz CT molecular complexity index is 437. The molecule has 84 valence electrons. The second-order valence-corrected chi connectivity index (χ2v) is 5.30. The maximum atomic E-state index is 11.7. The molecule has 2 aromatic rings. The molecule has 0 radical (unpaired) electrons. The van der Waals surface area contributed by atoms with Gasteiger partial charge in [0.2, 0.25) is 5.91 Å². The lowest BCUT2D eigenvalue weighted by atomic mass is 10.2. The topological polar surface area (TPSA) is 55.1 Å². The van der Waals surface area contributed by atoms with Crippen LogP contribution in [0.2, 0.25) is 0 Å². The number of carbonyl (C=O) groups excluding carboxylic acids is 1. The van der Waals surface area contributed by atoms with Crippen molar-refractivity contribution in [3.63, 3.8) is 0 Å². The van der Waals surface area contributed by atoms with E-state index in [1.54, 1.807) is 11.3 Å². The molecular weight excluding hydrogens is 240 g/mol. The fourth-order valence-corrected chi connectivity index (χ4v) is 2.66. The van der Waals surface area contributed by atoms with Gasteiger partial charge in [0.25, 0.3) is 0 Å². The van der Waals surface area contributed by atoms with Crippen molar-refractivity contribution in [3.8, 4) is 0 Å². The van der Waals surface area contributed by atoms with E-state index < -0.39 is 6.04 Å². The van der Waals surface area contributed by atoms with Gasteiger partial charge in [-0.25, -0.2) is 0 Å². The highest BCUT2D eigenvalue weighted by Gasteiger charge is 2.15. The molecule has 0 saturated heterocycles. The van der Waals surface area contributed by atoms with E-state index in [1.165, 1.54) is 11.3 Å². The first-order chi connectivity index (χ1) is 7.77. The zero-order valence-electron chi connectivity index (χ0n) is 8.55. The third kappa shape index (κ3) is 2.69. The quantitative estimate of drug-likeness (QED) is 0.875. The lowest BCUT2D eigenvalue weighted by Gasteiger charge is -2.09. The summed E-state index contributed by atoms with van der Waals surface area (Å²) in [5.41, 5.74) is 5.82. The molecule has 2 heterocycles. The highest BCUT2D eigenvalue weighted by Crippen LogP contribution is 2.17. The fraction of sp³-hybridized carbons (Fsp3) is 0.182. The van der Waals surface area contributed by atoms with E-state index in [9.17, 15) is 4.79 Å². The van der Waals surface area contributed by atoms with Crippen LogP contribution in [0.3, 0.4) is 0 Å². The lowest BCUT2D eigenvalue weighted by molar-refractivity contribution is -0.122. The van der Waals surface area contributed by atoms with Gasteiger partial charge in [-0.3, -0.25) is 4.79 Å². The Morgan fingerprint density at radius 2 is 2.06 bits per heavy atom. The first-order valence-electron chi connectivity index (χ1n) is 4.86. The minimum absolute atomic E-state index is 0.129. The summed E-state index contributed by atoms with van der Waals surface area (Å²) in [7, 11) is 0. The van der Waals surface area contributed by atoms with Gasteiger partial charge in [-0.05, 0) is 22.9 Å². The predicted octanol–water partition coefficient (Wildman–Crippen LogP) is 2.13. The van der Waals surface area contributed by atoms with Gasteiger partial charge in [0, 0.05) is 9.75 Å². The van der Waals surface area contributed by atoms with Crippen LogP contribution in [0.4, 0.5) is 0 Å². The molecule has 2 rings (SSSR count). The van der Waals surface area contributed by atoms with E-state index in [0.29, 0.717) is 6.54 Å². The Morgan fingerprint density at radius 1 is 1.31 bits per heavy atom. The van der Waals surface area contributed by atoms with Gasteiger partial charge in [0.05, 0.1) is 6.54 Å². The molecule has 0 bridgehead atoms. The van der Waals surface area contributed by atoms with E-state index in [1.807, 2.05) is 35.0 Å². The Labute approximate surface area is 102 Å². The van der Waals surface area contributed by atoms with Gasteiger partial charge in [-0.2, -0.15) is 0 Å². The molecule has 3 nitrogen and oxygen atoms in total. The highest BCUT2D eigenvalue weighted by molar-refractivity contribution is 7.10. The van der Waals surface area contributed by atoms with Crippen LogP contribution in [0.5, 0.6) is 0 Å². The zero-order valence-corrected chi connectivity index (χ0v) is 10.2. The molecule has 1 amide bonds. The minimum Gasteiger partial charge on any atom is -0.350 e. The van der Waals surface area contributed by atoms with Crippen molar-refractivity contribution in [1.29, 1.82) is 0 Å². The largest absolute Gasteiger partial charge is 0.350 e. The zero-order chi connectivity index (χ0) is 11.4. The van der Waals surface area contributed by atoms with Gasteiger partial charge < -0.3 is 11.1 Å². The molecule has 1 unspecified atom stereocenters. The SMILES string of the molecule is NC(C(=O)NCc1cccs1)c1cccs1. The van der Waals surface area contributed by atoms with E-state index in [4.69, 9.17) is 5.73 Å². The standard InChI is InChI=1S/C11H12N2OS2/c12-10(9-4-2-6-16-9)11(14)13-7-8-3-1-5-15-8/h1-6,10H,7,12H2,(H,13,14). The number of hydrogen-bond donors (Lipinski definition) is 2. The van der Waals surface area contributed by atoms with Crippen molar-refractivity contribution in [3.05, 3.63) is 44.8 Å². The Balaban J connectivity index is 1.89. The van der Waals surface area contributed by atoms with Crippen molar-refractivity contribution in [2.45, 2.75) is 12.6 Å². The number of rotatable bonds is 4. The average Bonchev–Trinajstić information content (AvgIpc) is 2.96. The molecule has 0 aliphatic heterocycles. The monoisotopic (exact) mass is 252 g/mol. The number of hydrogen-bond acceptors (Lipinski definition) is 4. The number of amides is 1. The Morgan fingerprint density at radius 3 is 2.69 bits per heavy atom. The molecular formula is C11H12N2OS2. The third-order valence-electron chi connectivity index (χ3n) is 2.15. The molecule has 3 N–H and O–H groups in total. The van der Waals surface area contributed by atoms with Crippen LogP contribution in [0.15, 0.2) is 35.0 Å². The van der Waals surface area contributed by atoms with Crippen LogP contribution in [-0.2, 0) is 11.3 Å². The summed E-state index contributed by atoms with van der Waals surface area (Å²) < 4.78 is 0. The Kier molecular flexibility index (Phi) is 3.71. The first kappa shape index (κ1) is 11.3. The molecule has 0 aliphatic rings. The lowest BCUT2D eigenvalue weighted by Crippen LogP contribution is -2.32. The van der Waals surface area contributed by atoms with Gasteiger partial charge in [-0.15, -0.1) is 22.7 Å². The van der Waals surface area contributed by atoms with E-state index in [-0.39, 0.29) is 5.91 Å². The molecule has 5 heteroatoms. The number of nitrogens with one attached hydrogen (secondary N) is 1. The van der Waals surface area contributed by atoms with Crippen molar-refractivity contribution in [2.75, 3.05) is 0 Å². The van der Waals surface area contributed by atoms with E-state index in [0.717, 1.165) is 9.75 Å². The third-order valence-corrected chi connectivity index (χ3v) is 3.98. The summed E-state index contributed by atoms with van der Waals surface area (Å²) in [5, 5.41) is 6.73. The van der Waals surface area contributed by atoms with E-state index >= 15 is 0 Å². The summed E-state index contributed by atoms with van der Waals surface area (Å²) in [6, 6.07) is 7.17. The molecule has 0 aromatic carbocycles. The van der Waals surface area contributed by atoms with Crippen molar-refractivity contribution >= 4 is 28.6 Å². The summed E-state index contributed by atoms with van der Waals surface area (Å²) in [4.78, 5) is 13.7. The number of carbonyl (C=O) groups is 1. The van der Waals surface area contributed by atoms with Crippen LogP contribution in [-0.4, -0.2) is 5.91 Å². The maximum Gasteiger partial charge on any atom is 0.242 e.